The summed E-state index contributed by atoms with van der Waals surface area (Å²) >= 11 is 5.44. The highest BCUT2D eigenvalue weighted by molar-refractivity contribution is 6.29. The molecule has 0 radical (unpaired) electrons. The average Bonchev–Trinajstić information content (AvgIpc) is 2.01. The van der Waals surface area contributed by atoms with Gasteiger partial charge in [0, 0.05) is 0 Å². The number of alkyl halides is 3. The number of ether oxygens (including phenoxy) is 1. The number of halogens is 4. The van der Waals surface area contributed by atoms with Crippen molar-refractivity contribution in [3.8, 4) is 5.88 Å². The number of hydrogen-bond acceptors (Lipinski definition) is 3. The Bertz CT molecular complexity index is 305. The van der Waals surface area contributed by atoms with E-state index in [2.05, 4.69) is 14.7 Å². The molecule has 3 nitrogen and oxygen atoms in total. The summed E-state index contributed by atoms with van der Waals surface area (Å²) in [5, 5.41) is 0.0782. The molecule has 1 rings (SSSR count). The smallest absolute Gasteiger partial charge is 0.392 e. The zero-order valence-electron chi connectivity index (χ0n) is 6.88. The Morgan fingerprint density at radius 3 is 2.64 bits per heavy atom. The van der Waals surface area contributed by atoms with Crippen LogP contribution in [0.2, 0.25) is 5.15 Å². The van der Waals surface area contributed by atoms with Crippen LogP contribution in [-0.2, 0) is 0 Å². The van der Waals surface area contributed by atoms with Gasteiger partial charge in [0.15, 0.2) is 5.15 Å². The van der Waals surface area contributed by atoms with Gasteiger partial charge in [0.1, 0.15) is 0 Å². The van der Waals surface area contributed by atoms with Gasteiger partial charge in [0.2, 0.25) is 5.88 Å². The third kappa shape index (κ3) is 4.27. The van der Waals surface area contributed by atoms with Crippen molar-refractivity contribution in [2.24, 2.45) is 0 Å². The van der Waals surface area contributed by atoms with Crippen LogP contribution in [0.4, 0.5) is 13.2 Å². The predicted molar refractivity (Wildman–Crippen MR) is 43.2 cm³/mol. The zero-order valence-corrected chi connectivity index (χ0v) is 7.64. The van der Waals surface area contributed by atoms with Gasteiger partial charge in [-0.05, 0) is 0 Å². The normalized spacial score (nSPS) is 11.4. The van der Waals surface area contributed by atoms with Crippen molar-refractivity contribution in [1.29, 1.82) is 0 Å². The maximum absolute atomic E-state index is 11.7. The molecular weight excluding hydrogens is 221 g/mol. The van der Waals surface area contributed by atoms with Gasteiger partial charge in [-0.15, -0.1) is 0 Å². The minimum atomic E-state index is -4.23. The molecule has 0 N–H and O–H groups in total. The second kappa shape index (κ2) is 4.45. The van der Waals surface area contributed by atoms with Gasteiger partial charge in [0.05, 0.1) is 25.4 Å². The maximum Gasteiger partial charge on any atom is 0.392 e. The van der Waals surface area contributed by atoms with Crippen LogP contribution in [-0.4, -0.2) is 22.8 Å². The van der Waals surface area contributed by atoms with Crippen molar-refractivity contribution in [2.45, 2.75) is 12.6 Å². The fourth-order valence-electron chi connectivity index (χ4n) is 0.666. The van der Waals surface area contributed by atoms with Crippen LogP contribution in [0.3, 0.4) is 0 Å². The second-order valence-corrected chi connectivity index (χ2v) is 2.78. The lowest BCUT2D eigenvalue weighted by Gasteiger charge is -2.07. The van der Waals surface area contributed by atoms with Crippen LogP contribution in [0.25, 0.3) is 0 Å². The minimum Gasteiger partial charge on any atom is -0.476 e. The molecule has 1 heterocycles. The molecule has 0 saturated carbocycles. The van der Waals surface area contributed by atoms with Gasteiger partial charge >= 0.3 is 6.18 Å². The summed E-state index contributed by atoms with van der Waals surface area (Å²) in [6.45, 7) is -0.488. The lowest BCUT2D eigenvalue weighted by atomic mass is 10.4. The van der Waals surface area contributed by atoms with E-state index >= 15 is 0 Å². The Morgan fingerprint density at radius 1 is 1.36 bits per heavy atom. The van der Waals surface area contributed by atoms with E-state index in [1.807, 2.05) is 0 Å². The van der Waals surface area contributed by atoms with Crippen LogP contribution in [0.15, 0.2) is 12.4 Å². The molecule has 0 aliphatic heterocycles. The van der Waals surface area contributed by atoms with Crippen LogP contribution >= 0.6 is 11.6 Å². The standard InChI is InChI=1S/C7H6ClF3N2O/c8-5-3-12-4-6(13-5)14-2-1-7(9,10)11/h3-4H,1-2H2. The predicted octanol–water partition coefficient (Wildman–Crippen LogP) is 2.46. The van der Waals surface area contributed by atoms with E-state index in [0.29, 0.717) is 0 Å². The number of hydrogen-bond donors (Lipinski definition) is 0. The van der Waals surface area contributed by atoms with E-state index < -0.39 is 19.2 Å². The first-order valence-corrected chi connectivity index (χ1v) is 4.02. The maximum atomic E-state index is 11.7. The Balaban J connectivity index is 2.39. The quantitative estimate of drug-likeness (QED) is 0.794. The van der Waals surface area contributed by atoms with Crippen molar-refractivity contribution >= 4 is 11.6 Å². The third-order valence-corrected chi connectivity index (χ3v) is 1.40. The average molecular weight is 227 g/mol. The summed E-state index contributed by atoms with van der Waals surface area (Å²) < 4.78 is 39.8. The lowest BCUT2D eigenvalue weighted by Crippen LogP contribution is -2.13. The molecule has 0 fully saturated rings. The highest BCUT2D eigenvalue weighted by Crippen LogP contribution is 2.19. The van der Waals surface area contributed by atoms with E-state index in [4.69, 9.17) is 11.6 Å². The summed E-state index contributed by atoms with van der Waals surface area (Å²) in [4.78, 5) is 7.20. The summed E-state index contributed by atoms with van der Waals surface area (Å²) in [7, 11) is 0. The second-order valence-electron chi connectivity index (χ2n) is 2.39. The van der Waals surface area contributed by atoms with Crippen LogP contribution in [0.5, 0.6) is 5.88 Å². The largest absolute Gasteiger partial charge is 0.476 e. The van der Waals surface area contributed by atoms with Crippen molar-refractivity contribution in [3.05, 3.63) is 17.5 Å². The van der Waals surface area contributed by atoms with E-state index in [9.17, 15) is 13.2 Å². The molecule has 1 aromatic heterocycles. The summed E-state index contributed by atoms with van der Waals surface area (Å²) in [6, 6.07) is 0. The molecular formula is C7H6ClF3N2O. The summed E-state index contributed by atoms with van der Waals surface area (Å²) in [5.74, 6) is -0.0123. The molecule has 0 unspecified atom stereocenters. The molecule has 0 aromatic carbocycles. The van der Waals surface area contributed by atoms with Crippen molar-refractivity contribution in [1.82, 2.24) is 9.97 Å². The van der Waals surface area contributed by atoms with Crippen LogP contribution in [0, 0.1) is 0 Å². The topological polar surface area (TPSA) is 35.0 Å². The van der Waals surface area contributed by atoms with Gasteiger partial charge in [-0.25, -0.2) is 0 Å². The van der Waals surface area contributed by atoms with Gasteiger partial charge in [0.25, 0.3) is 0 Å². The number of aromatic nitrogens is 2. The van der Waals surface area contributed by atoms with Crippen molar-refractivity contribution < 1.29 is 17.9 Å². The Kier molecular flexibility index (Phi) is 3.51. The highest BCUT2D eigenvalue weighted by Gasteiger charge is 2.26. The SMILES string of the molecule is FC(F)(F)CCOc1cncc(Cl)n1. The Labute approximate surface area is 82.9 Å². The van der Waals surface area contributed by atoms with Gasteiger partial charge in [-0.2, -0.15) is 18.2 Å². The van der Waals surface area contributed by atoms with E-state index in [1.165, 1.54) is 12.4 Å². The van der Waals surface area contributed by atoms with E-state index in [1.54, 1.807) is 0 Å². The fourth-order valence-corrected chi connectivity index (χ4v) is 0.806. The van der Waals surface area contributed by atoms with Gasteiger partial charge < -0.3 is 4.74 Å². The third-order valence-electron chi connectivity index (χ3n) is 1.22. The Morgan fingerprint density at radius 2 is 2.07 bits per heavy atom. The number of rotatable bonds is 3. The molecule has 0 atom stereocenters. The molecule has 0 aliphatic carbocycles. The molecule has 0 bridgehead atoms. The molecule has 0 aliphatic rings. The molecule has 1 aromatic rings. The van der Waals surface area contributed by atoms with Crippen LogP contribution in [0.1, 0.15) is 6.42 Å². The first-order valence-electron chi connectivity index (χ1n) is 3.64. The number of nitrogens with zero attached hydrogens (tertiary/aromatic N) is 2. The van der Waals surface area contributed by atoms with Crippen molar-refractivity contribution in [2.75, 3.05) is 6.61 Å². The van der Waals surface area contributed by atoms with Crippen molar-refractivity contribution in [3.63, 3.8) is 0 Å². The van der Waals surface area contributed by atoms with Crippen LogP contribution < -0.4 is 4.74 Å². The Hall–Kier alpha value is -1.04. The summed E-state index contributed by atoms with van der Waals surface area (Å²) in [6.07, 6.45) is -2.80. The van der Waals surface area contributed by atoms with E-state index in [0.717, 1.165) is 0 Å². The first-order chi connectivity index (χ1) is 6.47. The molecule has 0 spiro atoms. The zero-order chi connectivity index (χ0) is 10.6. The fraction of sp³-hybridized carbons (Fsp3) is 0.429. The molecule has 14 heavy (non-hydrogen) atoms. The van der Waals surface area contributed by atoms with Gasteiger partial charge in [-0.1, -0.05) is 11.6 Å². The first kappa shape index (κ1) is 11.0. The summed E-state index contributed by atoms with van der Waals surface area (Å²) in [5.41, 5.74) is 0. The van der Waals surface area contributed by atoms with Gasteiger partial charge in [-0.3, -0.25) is 4.98 Å². The van der Waals surface area contributed by atoms with E-state index in [-0.39, 0.29) is 11.0 Å². The molecule has 0 amide bonds. The highest BCUT2D eigenvalue weighted by atomic mass is 35.5. The lowest BCUT2D eigenvalue weighted by molar-refractivity contribution is -0.139. The molecule has 78 valence electrons. The minimum absolute atomic E-state index is 0.0123. The monoisotopic (exact) mass is 226 g/mol. The molecule has 0 saturated heterocycles. The molecule has 7 heteroatoms.